The van der Waals surface area contributed by atoms with Gasteiger partial charge in [-0.1, -0.05) is 0 Å². The Kier molecular flexibility index (Phi) is 3.97. The second-order valence-electron chi connectivity index (χ2n) is 5.58. The van der Waals surface area contributed by atoms with Crippen molar-refractivity contribution in [2.45, 2.75) is 26.7 Å². The lowest BCUT2D eigenvalue weighted by Gasteiger charge is -2.20. The summed E-state index contributed by atoms with van der Waals surface area (Å²) in [4.78, 5) is 15.4. The molecule has 2 aromatic rings. The molecule has 2 heterocycles. The molecule has 1 aliphatic rings. The standard InChI is InChI=1S/C17H20N2OS/c1-12-7-10-21-16(12)17(20)18-14-5-6-15(13(2)11-14)19-8-3-4-9-19/h5-7,10-11H,3-4,8-9H2,1-2H3,(H,18,20). The molecule has 0 bridgehead atoms. The van der Waals surface area contributed by atoms with Crippen LogP contribution in [0.4, 0.5) is 11.4 Å². The van der Waals surface area contributed by atoms with E-state index in [4.69, 9.17) is 0 Å². The number of thiophene rings is 1. The number of amides is 1. The van der Waals surface area contributed by atoms with Crippen LogP contribution in [0.25, 0.3) is 0 Å². The second kappa shape index (κ2) is 5.90. The molecule has 1 aliphatic heterocycles. The van der Waals surface area contributed by atoms with Gasteiger partial charge in [-0.15, -0.1) is 11.3 Å². The van der Waals surface area contributed by atoms with Gasteiger partial charge in [0.2, 0.25) is 0 Å². The first-order valence-corrected chi connectivity index (χ1v) is 8.24. The number of hydrogen-bond donors (Lipinski definition) is 1. The van der Waals surface area contributed by atoms with Crippen molar-refractivity contribution in [1.29, 1.82) is 0 Å². The zero-order chi connectivity index (χ0) is 14.8. The predicted molar refractivity (Wildman–Crippen MR) is 89.6 cm³/mol. The van der Waals surface area contributed by atoms with E-state index in [2.05, 4.69) is 29.3 Å². The summed E-state index contributed by atoms with van der Waals surface area (Å²) in [6.07, 6.45) is 2.55. The van der Waals surface area contributed by atoms with Crippen LogP contribution in [0.5, 0.6) is 0 Å². The number of nitrogens with zero attached hydrogens (tertiary/aromatic N) is 1. The lowest BCUT2D eigenvalue weighted by molar-refractivity contribution is 0.103. The van der Waals surface area contributed by atoms with Crippen molar-refractivity contribution in [2.24, 2.45) is 0 Å². The van der Waals surface area contributed by atoms with Crippen LogP contribution in [0, 0.1) is 13.8 Å². The van der Waals surface area contributed by atoms with Crippen molar-refractivity contribution in [3.8, 4) is 0 Å². The Hall–Kier alpha value is -1.81. The molecule has 1 aromatic heterocycles. The molecule has 1 amide bonds. The van der Waals surface area contributed by atoms with Crippen molar-refractivity contribution in [3.05, 3.63) is 45.6 Å². The maximum atomic E-state index is 12.2. The summed E-state index contributed by atoms with van der Waals surface area (Å²) in [7, 11) is 0. The van der Waals surface area contributed by atoms with Gasteiger partial charge in [0.15, 0.2) is 0 Å². The van der Waals surface area contributed by atoms with Crippen molar-refractivity contribution in [3.63, 3.8) is 0 Å². The number of carbonyl (C=O) groups excluding carboxylic acids is 1. The average Bonchev–Trinajstić information content (AvgIpc) is 3.10. The van der Waals surface area contributed by atoms with E-state index >= 15 is 0 Å². The van der Waals surface area contributed by atoms with Crippen molar-refractivity contribution < 1.29 is 4.79 Å². The SMILES string of the molecule is Cc1cc(NC(=O)c2sccc2C)ccc1N1CCCC1. The van der Waals surface area contributed by atoms with E-state index in [9.17, 15) is 4.79 Å². The summed E-state index contributed by atoms with van der Waals surface area (Å²) in [5, 5.41) is 4.95. The van der Waals surface area contributed by atoms with Gasteiger partial charge in [0.05, 0.1) is 4.88 Å². The zero-order valence-electron chi connectivity index (χ0n) is 12.5. The Balaban J connectivity index is 1.76. The Bertz CT molecular complexity index is 657. The topological polar surface area (TPSA) is 32.3 Å². The fourth-order valence-corrected chi connectivity index (χ4v) is 3.66. The molecular formula is C17H20N2OS. The molecule has 0 radical (unpaired) electrons. The molecule has 0 aliphatic carbocycles. The number of aryl methyl sites for hydroxylation is 2. The van der Waals surface area contributed by atoms with E-state index in [-0.39, 0.29) is 5.91 Å². The molecule has 0 spiro atoms. The fraction of sp³-hybridized carbons (Fsp3) is 0.353. The van der Waals surface area contributed by atoms with Crippen LogP contribution >= 0.6 is 11.3 Å². The van der Waals surface area contributed by atoms with E-state index in [1.165, 1.54) is 35.4 Å². The minimum Gasteiger partial charge on any atom is -0.371 e. The van der Waals surface area contributed by atoms with Crippen molar-refractivity contribution >= 4 is 28.6 Å². The van der Waals surface area contributed by atoms with Crippen molar-refractivity contribution in [2.75, 3.05) is 23.3 Å². The molecule has 21 heavy (non-hydrogen) atoms. The Morgan fingerprint density at radius 2 is 1.90 bits per heavy atom. The van der Waals surface area contributed by atoms with Crippen LogP contribution < -0.4 is 10.2 Å². The minimum atomic E-state index is -0.0178. The highest BCUT2D eigenvalue weighted by Gasteiger charge is 2.15. The van der Waals surface area contributed by atoms with E-state index in [0.717, 1.165) is 29.2 Å². The number of rotatable bonds is 3. The average molecular weight is 300 g/mol. The smallest absolute Gasteiger partial charge is 0.265 e. The molecule has 3 rings (SSSR count). The molecular weight excluding hydrogens is 280 g/mol. The van der Waals surface area contributed by atoms with Crippen LogP contribution in [-0.4, -0.2) is 19.0 Å². The predicted octanol–water partition coefficient (Wildman–Crippen LogP) is 4.22. The number of hydrogen-bond acceptors (Lipinski definition) is 3. The van der Waals surface area contributed by atoms with Crippen LogP contribution in [0.1, 0.15) is 33.6 Å². The van der Waals surface area contributed by atoms with Gasteiger partial charge < -0.3 is 10.2 Å². The lowest BCUT2D eigenvalue weighted by atomic mass is 10.1. The van der Waals surface area contributed by atoms with Crippen LogP contribution in [0.2, 0.25) is 0 Å². The maximum Gasteiger partial charge on any atom is 0.265 e. The highest BCUT2D eigenvalue weighted by molar-refractivity contribution is 7.12. The normalized spacial score (nSPS) is 14.5. The molecule has 110 valence electrons. The Morgan fingerprint density at radius 1 is 1.14 bits per heavy atom. The monoisotopic (exact) mass is 300 g/mol. The third-order valence-corrected chi connectivity index (χ3v) is 4.98. The molecule has 0 unspecified atom stereocenters. The highest BCUT2D eigenvalue weighted by atomic mass is 32.1. The van der Waals surface area contributed by atoms with Crippen LogP contribution in [-0.2, 0) is 0 Å². The maximum absolute atomic E-state index is 12.2. The molecule has 1 aromatic carbocycles. The molecule has 0 atom stereocenters. The van der Waals surface area contributed by atoms with Gasteiger partial charge in [0.1, 0.15) is 0 Å². The molecule has 3 nitrogen and oxygen atoms in total. The van der Waals surface area contributed by atoms with Gasteiger partial charge in [-0.2, -0.15) is 0 Å². The van der Waals surface area contributed by atoms with Gasteiger partial charge in [-0.05, 0) is 67.5 Å². The van der Waals surface area contributed by atoms with Gasteiger partial charge in [0.25, 0.3) is 5.91 Å². The van der Waals surface area contributed by atoms with Gasteiger partial charge in [0, 0.05) is 24.5 Å². The first-order chi connectivity index (χ1) is 10.1. The zero-order valence-corrected chi connectivity index (χ0v) is 13.3. The van der Waals surface area contributed by atoms with Crippen LogP contribution in [0.15, 0.2) is 29.6 Å². The largest absolute Gasteiger partial charge is 0.371 e. The third kappa shape index (κ3) is 2.95. The minimum absolute atomic E-state index is 0.0178. The van der Waals surface area contributed by atoms with Gasteiger partial charge in [-0.3, -0.25) is 4.79 Å². The summed E-state index contributed by atoms with van der Waals surface area (Å²) in [6.45, 7) is 6.36. The Morgan fingerprint density at radius 3 is 2.52 bits per heavy atom. The number of anilines is 2. The molecule has 1 fully saturated rings. The number of nitrogens with one attached hydrogen (secondary N) is 1. The summed E-state index contributed by atoms with van der Waals surface area (Å²) >= 11 is 1.48. The first kappa shape index (κ1) is 14.1. The summed E-state index contributed by atoms with van der Waals surface area (Å²) < 4.78 is 0. The van der Waals surface area contributed by atoms with Crippen LogP contribution in [0.3, 0.4) is 0 Å². The van der Waals surface area contributed by atoms with E-state index in [0.29, 0.717) is 0 Å². The summed E-state index contributed by atoms with van der Waals surface area (Å²) in [5.41, 5.74) is 4.41. The summed E-state index contributed by atoms with van der Waals surface area (Å²) in [5.74, 6) is -0.0178. The second-order valence-corrected chi connectivity index (χ2v) is 6.50. The fourth-order valence-electron chi connectivity index (χ4n) is 2.84. The van der Waals surface area contributed by atoms with E-state index < -0.39 is 0 Å². The lowest BCUT2D eigenvalue weighted by Crippen LogP contribution is -2.19. The molecule has 4 heteroatoms. The van der Waals surface area contributed by atoms with Gasteiger partial charge >= 0.3 is 0 Å². The quantitative estimate of drug-likeness (QED) is 0.920. The molecule has 0 saturated carbocycles. The van der Waals surface area contributed by atoms with Gasteiger partial charge in [-0.25, -0.2) is 0 Å². The Labute approximate surface area is 129 Å². The third-order valence-electron chi connectivity index (χ3n) is 3.97. The molecule has 1 saturated heterocycles. The first-order valence-electron chi connectivity index (χ1n) is 7.36. The number of benzene rings is 1. The highest BCUT2D eigenvalue weighted by Crippen LogP contribution is 2.27. The van der Waals surface area contributed by atoms with E-state index in [1.54, 1.807) is 0 Å². The molecule has 1 N–H and O–H groups in total. The summed E-state index contributed by atoms with van der Waals surface area (Å²) in [6, 6.07) is 8.16. The van der Waals surface area contributed by atoms with Crippen molar-refractivity contribution in [1.82, 2.24) is 0 Å². The number of carbonyl (C=O) groups is 1. The van der Waals surface area contributed by atoms with E-state index in [1.807, 2.05) is 24.4 Å².